The van der Waals surface area contributed by atoms with E-state index < -0.39 is 18.2 Å². The molecule has 0 saturated carbocycles. The van der Waals surface area contributed by atoms with Crippen LogP contribution in [0.4, 0.5) is 0 Å². The first-order valence-corrected chi connectivity index (χ1v) is 9.69. The minimum atomic E-state index is -0.914. The minimum Gasteiger partial charge on any atom is -0.479 e. The Morgan fingerprint density at radius 1 is 1.08 bits per heavy atom. The number of benzene rings is 2. The highest BCUT2D eigenvalue weighted by Gasteiger charge is 2.28. The van der Waals surface area contributed by atoms with Crippen LogP contribution in [0.25, 0.3) is 0 Å². The Morgan fingerprint density at radius 3 is 2.08 bits per heavy atom. The van der Waals surface area contributed by atoms with E-state index in [1.54, 1.807) is 0 Å². The summed E-state index contributed by atoms with van der Waals surface area (Å²) in [6, 6.07) is 12.1. The average Bonchev–Trinajstić information content (AvgIpc) is 2.52. The Kier molecular flexibility index (Phi) is 7.01. The van der Waals surface area contributed by atoms with E-state index in [1.807, 2.05) is 38.1 Å². The number of hydrogen-bond acceptors (Lipinski definition) is 2. The monoisotopic (exact) mass is 418 g/mol. The molecule has 0 aliphatic heterocycles. The summed E-state index contributed by atoms with van der Waals surface area (Å²) in [5, 5.41) is 9.66. The van der Waals surface area contributed by atoms with Crippen molar-refractivity contribution in [2.75, 3.05) is 0 Å². The van der Waals surface area contributed by atoms with Gasteiger partial charge in [-0.15, -0.1) is 0 Å². The summed E-state index contributed by atoms with van der Waals surface area (Å²) in [5.74, 6) is -0.676. The lowest BCUT2D eigenvalue weighted by Gasteiger charge is -2.27. The highest BCUT2D eigenvalue weighted by Crippen LogP contribution is 2.34. The van der Waals surface area contributed by atoms with Crippen molar-refractivity contribution in [2.24, 2.45) is 5.92 Å². The van der Waals surface area contributed by atoms with E-state index in [9.17, 15) is 9.90 Å². The number of ether oxygens (including phenoxy) is 1. The highest BCUT2D eigenvalue weighted by atomic mass is 79.9. The van der Waals surface area contributed by atoms with Gasteiger partial charge in [0.2, 0.25) is 0 Å². The summed E-state index contributed by atoms with van der Waals surface area (Å²) in [6.07, 6.45) is -0.779. The summed E-state index contributed by atoms with van der Waals surface area (Å²) in [5.41, 5.74) is 5.43. The van der Waals surface area contributed by atoms with Crippen LogP contribution < -0.4 is 0 Å². The van der Waals surface area contributed by atoms with E-state index in [4.69, 9.17) is 4.74 Å². The number of rotatable bonds is 7. The van der Waals surface area contributed by atoms with Gasteiger partial charge in [0.05, 0.1) is 0 Å². The highest BCUT2D eigenvalue weighted by molar-refractivity contribution is 9.10. The van der Waals surface area contributed by atoms with Gasteiger partial charge in [0.15, 0.2) is 6.10 Å². The third-order valence-electron chi connectivity index (χ3n) is 4.43. The van der Waals surface area contributed by atoms with Crippen molar-refractivity contribution >= 4 is 21.9 Å². The van der Waals surface area contributed by atoms with Crippen LogP contribution in [0.15, 0.2) is 40.9 Å². The molecule has 0 heterocycles. The molecule has 0 aliphatic carbocycles. The van der Waals surface area contributed by atoms with Crippen molar-refractivity contribution in [3.63, 3.8) is 0 Å². The number of halogens is 1. The van der Waals surface area contributed by atoms with Gasteiger partial charge in [-0.25, -0.2) is 4.79 Å². The maximum atomic E-state index is 11.8. The molecule has 1 N–H and O–H groups in total. The standard InChI is InChI=1S/C22H27BrO3/c1-13(2)10-19(22(24)25)26-21(17-6-8-18(23)9-7-17)20-15(4)11-14(3)12-16(20)5/h6-9,11-13,19,21H,10H2,1-5H3,(H,24,25)/t19-,21-/m0/s1. The molecule has 2 rings (SSSR count). The quantitative estimate of drug-likeness (QED) is 0.601. The molecule has 26 heavy (non-hydrogen) atoms. The van der Waals surface area contributed by atoms with E-state index in [1.165, 1.54) is 5.56 Å². The molecule has 3 nitrogen and oxygen atoms in total. The first-order valence-electron chi connectivity index (χ1n) is 8.90. The van der Waals surface area contributed by atoms with E-state index in [-0.39, 0.29) is 5.92 Å². The van der Waals surface area contributed by atoms with Gasteiger partial charge in [0, 0.05) is 4.47 Å². The Bertz CT molecular complexity index is 742. The predicted molar refractivity (Wildman–Crippen MR) is 109 cm³/mol. The van der Waals surface area contributed by atoms with Crippen molar-refractivity contribution in [2.45, 2.75) is 53.2 Å². The predicted octanol–water partition coefficient (Wildman–Crippen LogP) is 5.98. The number of aliphatic carboxylic acids is 1. The van der Waals surface area contributed by atoms with Crippen LogP contribution in [-0.2, 0) is 9.53 Å². The molecular formula is C22H27BrO3. The summed E-state index contributed by atoms with van der Waals surface area (Å²) in [6.45, 7) is 10.2. The third-order valence-corrected chi connectivity index (χ3v) is 4.96. The molecule has 0 fully saturated rings. The Labute approximate surface area is 164 Å². The summed E-state index contributed by atoms with van der Waals surface area (Å²) in [7, 11) is 0. The molecule has 0 saturated heterocycles. The van der Waals surface area contributed by atoms with Gasteiger partial charge in [0.1, 0.15) is 6.10 Å². The van der Waals surface area contributed by atoms with Crippen LogP contribution >= 0.6 is 15.9 Å². The molecule has 0 aromatic heterocycles. The molecule has 2 atom stereocenters. The number of carboxylic acid groups (broad SMARTS) is 1. The van der Waals surface area contributed by atoms with Gasteiger partial charge in [-0.1, -0.05) is 59.6 Å². The molecule has 0 unspecified atom stereocenters. The number of carbonyl (C=O) groups is 1. The zero-order valence-corrected chi connectivity index (χ0v) is 17.6. The average molecular weight is 419 g/mol. The van der Waals surface area contributed by atoms with Gasteiger partial charge < -0.3 is 9.84 Å². The van der Waals surface area contributed by atoms with E-state index in [2.05, 4.69) is 48.8 Å². The van der Waals surface area contributed by atoms with Crippen LogP contribution in [0.1, 0.15) is 54.2 Å². The molecule has 0 amide bonds. The van der Waals surface area contributed by atoms with Crippen LogP contribution in [-0.4, -0.2) is 17.2 Å². The van der Waals surface area contributed by atoms with E-state index in [0.717, 1.165) is 26.7 Å². The van der Waals surface area contributed by atoms with Crippen LogP contribution in [0.5, 0.6) is 0 Å². The molecule has 140 valence electrons. The van der Waals surface area contributed by atoms with Crippen molar-refractivity contribution in [1.82, 2.24) is 0 Å². The van der Waals surface area contributed by atoms with Crippen molar-refractivity contribution in [1.29, 1.82) is 0 Å². The molecule has 2 aromatic rings. The molecule has 2 aromatic carbocycles. The second-order valence-electron chi connectivity index (χ2n) is 7.34. The van der Waals surface area contributed by atoms with Crippen LogP contribution in [0, 0.1) is 26.7 Å². The van der Waals surface area contributed by atoms with Crippen molar-refractivity contribution < 1.29 is 14.6 Å². The largest absolute Gasteiger partial charge is 0.479 e. The van der Waals surface area contributed by atoms with Crippen LogP contribution in [0.3, 0.4) is 0 Å². The van der Waals surface area contributed by atoms with Gasteiger partial charge in [-0.05, 0) is 67.5 Å². The van der Waals surface area contributed by atoms with Crippen molar-refractivity contribution in [3.05, 3.63) is 68.7 Å². The second-order valence-corrected chi connectivity index (χ2v) is 8.25. The lowest BCUT2D eigenvalue weighted by molar-refractivity contribution is -0.154. The first-order chi connectivity index (χ1) is 12.2. The van der Waals surface area contributed by atoms with Crippen molar-refractivity contribution in [3.8, 4) is 0 Å². The maximum Gasteiger partial charge on any atom is 0.332 e. The summed E-state index contributed by atoms with van der Waals surface area (Å²) >= 11 is 3.46. The Balaban J connectivity index is 2.52. The number of hydrogen-bond donors (Lipinski definition) is 1. The fourth-order valence-corrected chi connectivity index (χ4v) is 3.63. The topological polar surface area (TPSA) is 46.5 Å². The number of carboxylic acids is 1. The maximum absolute atomic E-state index is 11.8. The molecule has 4 heteroatoms. The lowest BCUT2D eigenvalue weighted by atomic mass is 9.91. The zero-order valence-electron chi connectivity index (χ0n) is 16.0. The lowest BCUT2D eigenvalue weighted by Crippen LogP contribution is -2.28. The second kappa shape index (κ2) is 8.83. The smallest absolute Gasteiger partial charge is 0.332 e. The fourth-order valence-electron chi connectivity index (χ4n) is 3.36. The number of aryl methyl sites for hydroxylation is 3. The Hall–Kier alpha value is -1.65. The third kappa shape index (κ3) is 5.18. The molecule has 0 radical (unpaired) electrons. The van der Waals surface area contributed by atoms with Crippen LogP contribution in [0.2, 0.25) is 0 Å². The first kappa shape index (κ1) is 20.7. The van der Waals surface area contributed by atoms with E-state index in [0.29, 0.717) is 6.42 Å². The van der Waals surface area contributed by atoms with E-state index >= 15 is 0 Å². The van der Waals surface area contributed by atoms with Gasteiger partial charge in [-0.2, -0.15) is 0 Å². The minimum absolute atomic E-state index is 0.238. The van der Waals surface area contributed by atoms with Gasteiger partial charge in [0.25, 0.3) is 0 Å². The molecular weight excluding hydrogens is 392 g/mol. The normalized spacial score (nSPS) is 13.7. The Morgan fingerprint density at radius 2 is 1.62 bits per heavy atom. The van der Waals surface area contributed by atoms with Gasteiger partial charge >= 0.3 is 5.97 Å². The fraction of sp³-hybridized carbons (Fsp3) is 0.409. The summed E-state index contributed by atoms with van der Waals surface area (Å²) in [4.78, 5) is 11.8. The zero-order chi connectivity index (χ0) is 19.4. The molecule has 0 bridgehead atoms. The van der Waals surface area contributed by atoms with Gasteiger partial charge in [-0.3, -0.25) is 0 Å². The summed E-state index contributed by atoms with van der Waals surface area (Å²) < 4.78 is 7.20. The SMILES string of the molecule is Cc1cc(C)c([C@@H](O[C@@H](CC(C)C)C(=O)O)c2ccc(Br)cc2)c(C)c1. The molecule has 0 spiro atoms. The molecule has 0 aliphatic rings.